The van der Waals surface area contributed by atoms with Crippen LogP contribution in [0.25, 0.3) is 0 Å². The van der Waals surface area contributed by atoms with Crippen molar-refractivity contribution in [3.8, 4) is 0 Å². The first kappa shape index (κ1) is 12.9. The van der Waals surface area contributed by atoms with Gasteiger partial charge in [-0.3, -0.25) is 0 Å². The number of hydrogen-bond acceptors (Lipinski definition) is 2. The van der Waals surface area contributed by atoms with Gasteiger partial charge in [0.15, 0.2) is 0 Å². The summed E-state index contributed by atoms with van der Waals surface area (Å²) in [6, 6.07) is 10.1. The van der Waals surface area contributed by atoms with Gasteiger partial charge in [-0.2, -0.15) is 0 Å². The van der Waals surface area contributed by atoms with Gasteiger partial charge in [0.1, 0.15) is 0 Å². The van der Waals surface area contributed by atoms with Crippen molar-refractivity contribution in [1.29, 1.82) is 0 Å². The fraction of sp³-hybridized carbons (Fsp3) is 0.429. The number of rotatable bonds is 8. The molecule has 0 radical (unpaired) electrons. The second-order valence-electron chi connectivity index (χ2n) is 3.80. The first-order valence-corrected chi connectivity index (χ1v) is 5.74. The van der Waals surface area contributed by atoms with E-state index in [0.29, 0.717) is 13.0 Å². The van der Waals surface area contributed by atoms with Crippen LogP contribution in [0.15, 0.2) is 43.0 Å². The average Bonchev–Trinajstić information content (AvgIpc) is 2.34. The molecule has 0 amide bonds. The van der Waals surface area contributed by atoms with Crippen molar-refractivity contribution in [3.05, 3.63) is 48.6 Å². The van der Waals surface area contributed by atoms with Gasteiger partial charge in [0, 0.05) is 6.61 Å². The minimum Gasteiger partial charge on any atom is -0.396 e. The minimum absolute atomic E-state index is 0.128. The first-order valence-electron chi connectivity index (χ1n) is 5.74. The summed E-state index contributed by atoms with van der Waals surface area (Å²) >= 11 is 0. The number of ether oxygens (including phenoxy) is 1. The number of hydrogen-bond donors (Lipinski definition) is 1. The maximum Gasteiger partial charge on any atom is 0.0720 e. The van der Waals surface area contributed by atoms with Gasteiger partial charge in [0.25, 0.3) is 0 Å². The molecule has 0 spiro atoms. The van der Waals surface area contributed by atoms with E-state index in [2.05, 4.69) is 6.58 Å². The van der Waals surface area contributed by atoms with E-state index < -0.39 is 0 Å². The van der Waals surface area contributed by atoms with Crippen LogP contribution < -0.4 is 0 Å². The van der Waals surface area contributed by atoms with E-state index in [1.165, 1.54) is 5.56 Å². The predicted octanol–water partition coefficient (Wildman–Crippen LogP) is 2.92. The molecule has 88 valence electrons. The van der Waals surface area contributed by atoms with Crippen molar-refractivity contribution in [2.24, 2.45) is 0 Å². The monoisotopic (exact) mass is 220 g/mol. The molecule has 0 aliphatic heterocycles. The van der Waals surface area contributed by atoms with Crippen LogP contribution >= 0.6 is 0 Å². The SMILES string of the molecule is C=CCC[C@H](CCO)OCc1ccccc1. The average molecular weight is 220 g/mol. The van der Waals surface area contributed by atoms with Crippen LogP contribution in [0.2, 0.25) is 0 Å². The third-order valence-corrected chi connectivity index (χ3v) is 2.47. The van der Waals surface area contributed by atoms with Gasteiger partial charge in [-0.15, -0.1) is 6.58 Å². The molecular weight excluding hydrogens is 200 g/mol. The Morgan fingerprint density at radius 2 is 2.00 bits per heavy atom. The lowest BCUT2D eigenvalue weighted by atomic mass is 10.1. The van der Waals surface area contributed by atoms with E-state index in [1.807, 2.05) is 36.4 Å². The normalized spacial score (nSPS) is 12.3. The number of aliphatic hydroxyl groups is 1. The molecule has 2 nitrogen and oxygen atoms in total. The van der Waals surface area contributed by atoms with E-state index in [9.17, 15) is 0 Å². The lowest BCUT2D eigenvalue weighted by Crippen LogP contribution is -2.14. The highest BCUT2D eigenvalue weighted by Gasteiger charge is 2.07. The van der Waals surface area contributed by atoms with Crippen molar-refractivity contribution >= 4 is 0 Å². The van der Waals surface area contributed by atoms with Crippen molar-refractivity contribution < 1.29 is 9.84 Å². The molecule has 0 bridgehead atoms. The Labute approximate surface area is 97.6 Å². The molecule has 2 heteroatoms. The van der Waals surface area contributed by atoms with Gasteiger partial charge in [-0.1, -0.05) is 36.4 Å². The van der Waals surface area contributed by atoms with Crippen LogP contribution in [0.1, 0.15) is 24.8 Å². The summed E-state index contributed by atoms with van der Waals surface area (Å²) in [6.45, 7) is 4.48. The summed E-state index contributed by atoms with van der Waals surface area (Å²) in [7, 11) is 0. The Morgan fingerprint density at radius 3 is 2.62 bits per heavy atom. The number of aliphatic hydroxyl groups excluding tert-OH is 1. The van der Waals surface area contributed by atoms with Crippen LogP contribution in [0.5, 0.6) is 0 Å². The second-order valence-corrected chi connectivity index (χ2v) is 3.80. The molecule has 0 saturated carbocycles. The van der Waals surface area contributed by atoms with Crippen LogP contribution in [0, 0.1) is 0 Å². The highest BCUT2D eigenvalue weighted by atomic mass is 16.5. The van der Waals surface area contributed by atoms with Crippen LogP contribution in [0.4, 0.5) is 0 Å². The molecule has 0 fully saturated rings. The predicted molar refractivity (Wildman–Crippen MR) is 66.2 cm³/mol. The molecule has 0 aromatic heterocycles. The van der Waals surface area contributed by atoms with E-state index in [0.717, 1.165) is 12.8 Å². The highest BCUT2D eigenvalue weighted by molar-refractivity contribution is 5.13. The summed E-state index contributed by atoms with van der Waals surface area (Å²) in [5, 5.41) is 8.93. The Morgan fingerprint density at radius 1 is 1.25 bits per heavy atom. The summed E-state index contributed by atoms with van der Waals surface area (Å²) in [5.41, 5.74) is 1.17. The smallest absolute Gasteiger partial charge is 0.0720 e. The molecule has 0 unspecified atom stereocenters. The summed E-state index contributed by atoms with van der Waals surface area (Å²) < 4.78 is 5.76. The molecule has 0 saturated heterocycles. The van der Waals surface area contributed by atoms with E-state index in [4.69, 9.17) is 9.84 Å². The number of allylic oxidation sites excluding steroid dienone is 1. The van der Waals surface area contributed by atoms with E-state index >= 15 is 0 Å². The molecule has 1 rings (SSSR count). The highest BCUT2D eigenvalue weighted by Crippen LogP contribution is 2.10. The maximum atomic E-state index is 8.93. The van der Waals surface area contributed by atoms with Gasteiger partial charge < -0.3 is 9.84 Å². The molecule has 0 aliphatic carbocycles. The Bertz CT molecular complexity index is 282. The van der Waals surface area contributed by atoms with Crippen molar-refractivity contribution in [1.82, 2.24) is 0 Å². The van der Waals surface area contributed by atoms with Gasteiger partial charge in [-0.05, 0) is 24.8 Å². The van der Waals surface area contributed by atoms with Crippen LogP contribution in [-0.4, -0.2) is 17.8 Å². The lowest BCUT2D eigenvalue weighted by molar-refractivity contribution is 0.0196. The standard InChI is InChI=1S/C14H20O2/c1-2-3-9-14(10-11-15)16-12-13-7-5-4-6-8-13/h2,4-8,14-15H,1,3,9-12H2/t14-/m1/s1. The summed E-state index contributed by atoms with van der Waals surface area (Å²) in [4.78, 5) is 0. The second kappa shape index (κ2) is 8.08. The zero-order valence-electron chi connectivity index (χ0n) is 9.64. The largest absolute Gasteiger partial charge is 0.396 e. The molecular formula is C14H20O2. The Balaban J connectivity index is 2.34. The fourth-order valence-corrected chi connectivity index (χ4v) is 1.55. The third kappa shape index (κ3) is 5.10. The van der Waals surface area contributed by atoms with Crippen molar-refractivity contribution in [3.63, 3.8) is 0 Å². The quantitative estimate of drug-likeness (QED) is 0.683. The molecule has 1 aromatic rings. The Hall–Kier alpha value is -1.12. The lowest BCUT2D eigenvalue weighted by Gasteiger charge is -2.16. The minimum atomic E-state index is 0.128. The third-order valence-electron chi connectivity index (χ3n) is 2.47. The summed E-state index contributed by atoms with van der Waals surface area (Å²) in [5.74, 6) is 0. The first-order chi connectivity index (χ1) is 7.86. The molecule has 1 atom stereocenters. The zero-order chi connectivity index (χ0) is 11.6. The van der Waals surface area contributed by atoms with Crippen molar-refractivity contribution in [2.75, 3.05) is 6.61 Å². The summed E-state index contributed by atoms with van der Waals surface area (Å²) in [6.07, 6.45) is 4.57. The zero-order valence-corrected chi connectivity index (χ0v) is 9.64. The topological polar surface area (TPSA) is 29.5 Å². The van der Waals surface area contributed by atoms with Gasteiger partial charge in [0.05, 0.1) is 12.7 Å². The maximum absolute atomic E-state index is 8.93. The van der Waals surface area contributed by atoms with Crippen molar-refractivity contribution in [2.45, 2.75) is 32.0 Å². The number of benzene rings is 1. The molecule has 0 aliphatic rings. The van der Waals surface area contributed by atoms with Crippen LogP contribution in [-0.2, 0) is 11.3 Å². The van der Waals surface area contributed by atoms with E-state index in [1.54, 1.807) is 0 Å². The van der Waals surface area contributed by atoms with Gasteiger partial charge >= 0.3 is 0 Å². The molecule has 0 heterocycles. The van der Waals surface area contributed by atoms with Gasteiger partial charge in [-0.25, -0.2) is 0 Å². The Kier molecular flexibility index (Phi) is 6.54. The fourth-order valence-electron chi connectivity index (χ4n) is 1.55. The molecule has 16 heavy (non-hydrogen) atoms. The molecule has 1 N–H and O–H groups in total. The van der Waals surface area contributed by atoms with Crippen LogP contribution in [0.3, 0.4) is 0 Å². The van der Waals surface area contributed by atoms with Gasteiger partial charge in [0.2, 0.25) is 0 Å². The van der Waals surface area contributed by atoms with E-state index in [-0.39, 0.29) is 12.7 Å². The molecule has 1 aromatic carbocycles.